The van der Waals surface area contributed by atoms with E-state index in [0.29, 0.717) is 42.9 Å². The van der Waals surface area contributed by atoms with Crippen LogP contribution in [0.5, 0.6) is 17.2 Å². The number of benzene rings is 4. The van der Waals surface area contributed by atoms with Crippen LogP contribution in [0.3, 0.4) is 0 Å². The van der Waals surface area contributed by atoms with Crippen molar-refractivity contribution in [3.05, 3.63) is 142 Å². The minimum absolute atomic E-state index is 0.187. The minimum Gasteiger partial charge on any atom is -0.490 e. The summed E-state index contributed by atoms with van der Waals surface area (Å²) in [6.45, 7) is 13.9. The Labute approximate surface area is 377 Å². The number of carboxylic acid groups (broad SMARTS) is 1. The van der Waals surface area contributed by atoms with Gasteiger partial charge in [0.1, 0.15) is 18.4 Å². The molecule has 0 radical (unpaired) electrons. The van der Waals surface area contributed by atoms with Crippen LogP contribution >= 0.6 is 0 Å². The number of carbonyl (C=O) groups is 3. The Morgan fingerprint density at radius 1 is 0.922 bits per heavy atom. The summed E-state index contributed by atoms with van der Waals surface area (Å²) in [4.78, 5) is 42.6. The molecule has 336 valence electrons. The predicted molar refractivity (Wildman–Crippen MR) is 249 cm³/mol. The number of hydrogen-bond acceptors (Lipinski definition) is 7. The molecule has 0 spiro atoms. The van der Waals surface area contributed by atoms with Crippen LogP contribution in [0.2, 0.25) is 0 Å². The number of fused-ring (bicyclic) bond motifs is 2. The number of nitrogens with one attached hydrogen (secondary N) is 2. The molecule has 3 amide bonds. The molecular weight excluding hydrogens is 805 g/mol. The monoisotopic (exact) mass is 866 g/mol. The van der Waals surface area contributed by atoms with Gasteiger partial charge in [-0.3, -0.25) is 14.6 Å². The summed E-state index contributed by atoms with van der Waals surface area (Å²) < 4.78 is 19.3. The van der Waals surface area contributed by atoms with Crippen LogP contribution in [-0.4, -0.2) is 58.7 Å². The van der Waals surface area contributed by atoms with Gasteiger partial charge in [0.25, 0.3) is 6.47 Å². The van der Waals surface area contributed by atoms with Gasteiger partial charge in [0.15, 0.2) is 17.6 Å². The maximum atomic E-state index is 14.1. The SMILES string of the molecule is Cc1nccc(-c2ccc(CCNC(=O)C3Cc4cc5c(cc4CN3C(=O)N[C@H](C)c3ccccc3)OC(c3ccc(OC4CCC(C(C)(C)C)CC4)cc3)CO5)cc2)c1C.O=CO. The van der Waals surface area contributed by atoms with Gasteiger partial charge in [-0.2, -0.15) is 0 Å². The van der Waals surface area contributed by atoms with Gasteiger partial charge in [0, 0.05) is 31.4 Å². The largest absolute Gasteiger partial charge is 0.490 e. The Morgan fingerprint density at radius 2 is 1.61 bits per heavy atom. The second-order valence-electron chi connectivity index (χ2n) is 18.4. The van der Waals surface area contributed by atoms with Crippen molar-refractivity contribution in [3.63, 3.8) is 0 Å². The van der Waals surface area contributed by atoms with Crippen LogP contribution in [-0.2, 0) is 29.0 Å². The fourth-order valence-electron chi connectivity index (χ4n) is 9.11. The highest BCUT2D eigenvalue weighted by atomic mass is 16.6. The van der Waals surface area contributed by atoms with E-state index in [4.69, 9.17) is 24.1 Å². The summed E-state index contributed by atoms with van der Waals surface area (Å²) in [6, 6.07) is 31.3. The van der Waals surface area contributed by atoms with Crippen LogP contribution < -0.4 is 24.8 Å². The molecule has 11 heteroatoms. The standard InChI is InChI=1S/C52H60N4O5.CH2O2/c1-33-34(2)53-27-25-45(33)38-14-12-36(13-15-38)24-26-54-50(57)46-28-40-29-47-48(30-41(40)31-56(46)51(58)55-35(3)37-10-8-7-9-11-37)61-49(32-59-47)39-16-20-43(21-17-39)60-44-22-18-42(19-23-44)52(4,5)6;2-1-3/h7-17,20-21,25,27,29-30,35,42,44,46,49H,18-19,22-24,26,28,31-32H2,1-6H3,(H,54,57)(H,55,58);1H,(H,2,3)/t35-,42?,44?,46?,49?;/m1./s1. The lowest BCUT2D eigenvalue weighted by Gasteiger charge is -2.38. The van der Waals surface area contributed by atoms with E-state index in [1.54, 1.807) is 4.90 Å². The molecule has 4 aromatic carbocycles. The number of aromatic nitrogens is 1. The summed E-state index contributed by atoms with van der Waals surface area (Å²) >= 11 is 0. The lowest BCUT2D eigenvalue weighted by molar-refractivity contribution is -0.126. The average molecular weight is 867 g/mol. The molecule has 0 bridgehead atoms. The Kier molecular flexibility index (Phi) is 14.6. The molecule has 3 aliphatic rings. The average Bonchev–Trinajstić information content (AvgIpc) is 3.29. The number of pyridine rings is 1. The number of carbonyl (C=O) groups excluding carboxylic acids is 2. The normalized spacial score (nSPS) is 19.5. The van der Waals surface area contributed by atoms with E-state index in [0.717, 1.165) is 63.6 Å². The van der Waals surface area contributed by atoms with Crippen molar-refractivity contribution in [3.8, 4) is 28.4 Å². The minimum atomic E-state index is -0.708. The summed E-state index contributed by atoms with van der Waals surface area (Å²) in [5.41, 5.74) is 9.86. The second-order valence-corrected chi connectivity index (χ2v) is 18.4. The Balaban J connectivity index is 0.00000199. The van der Waals surface area contributed by atoms with Crippen LogP contribution in [0, 0.1) is 25.2 Å². The molecule has 3 N–H and O–H groups in total. The lowest BCUT2D eigenvalue weighted by atomic mass is 9.72. The van der Waals surface area contributed by atoms with Crippen molar-refractivity contribution >= 4 is 18.4 Å². The maximum Gasteiger partial charge on any atom is 0.318 e. The zero-order chi connectivity index (χ0) is 45.4. The molecule has 11 nitrogen and oxygen atoms in total. The number of urea groups is 1. The Morgan fingerprint density at radius 3 is 2.30 bits per heavy atom. The van der Waals surface area contributed by atoms with Gasteiger partial charge in [-0.05, 0) is 139 Å². The predicted octanol–water partition coefficient (Wildman–Crippen LogP) is 10.1. The van der Waals surface area contributed by atoms with E-state index >= 15 is 0 Å². The topological polar surface area (TPSA) is 139 Å². The molecule has 2 aliphatic heterocycles. The quantitative estimate of drug-likeness (QED) is 0.118. The van der Waals surface area contributed by atoms with Crippen molar-refractivity contribution < 1.29 is 33.7 Å². The van der Waals surface area contributed by atoms with Gasteiger partial charge >= 0.3 is 6.03 Å². The fraction of sp³-hybridized carbons (Fsp3) is 0.396. The highest BCUT2D eigenvalue weighted by molar-refractivity contribution is 5.88. The third-order valence-electron chi connectivity index (χ3n) is 13.1. The maximum absolute atomic E-state index is 14.1. The molecule has 0 saturated heterocycles. The number of ether oxygens (including phenoxy) is 3. The molecular formula is C53H62N4O7. The summed E-state index contributed by atoms with van der Waals surface area (Å²) in [5.74, 6) is 2.72. The van der Waals surface area contributed by atoms with Crippen molar-refractivity contribution in [1.82, 2.24) is 20.5 Å². The number of hydrogen-bond donors (Lipinski definition) is 3. The zero-order valence-corrected chi connectivity index (χ0v) is 37.9. The molecule has 3 atom stereocenters. The molecule has 1 saturated carbocycles. The fourth-order valence-corrected chi connectivity index (χ4v) is 9.11. The molecule has 1 aromatic heterocycles. The van der Waals surface area contributed by atoms with Crippen molar-refractivity contribution in [2.45, 2.75) is 111 Å². The van der Waals surface area contributed by atoms with Crippen LogP contribution in [0.4, 0.5) is 4.79 Å². The number of nitrogens with zero attached hydrogens (tertiary/aromatic N) is 2. The summed E-state index contributed by atoms with van der Waals surface area (Å²) in [5, 5.41) is 13.2. The molecule has 64 heavy (non-hydrogen) atoms. The van der Waals surface area contributed by atoms with Crippen LogP contribution in [0.25, 0.3) is 11.1 Å². The third-order valence-corrected chi connectivity index (χ3v) is 13.1. The van der Waals surface area contributed by atoms with Gasteiger partial charge in [0.2, 0.25) is 5.91 Å². The van der Waals surface area contributed by atoms with Gasteiger partial charge in [0.05, 0.1) is 12.1 Å². The van der Waals surface area contributed by atoms with E-state index in [1.807, 2.05) is 80.7 Å². The summed E-state index contributed by atoms with van der Waals surface area (Å²) in [6.07, 6.45) is 7.40. The van der Waals surface area contributed by atoms with Gasteiger partial charge < -0.3 is 34.9 Å². The molecule has 2 unspecified atom stereocenters. The molecule has 1 fully saturated rings. The Bertz CT molecular complexity index is 2370. The van der Waals surface area contributed by atoms with Gasteiger partial charge in [-0.1, -0.05) is 87.5 Å². The summed E-state index contributed by atoms with van der Waals surface area (Å²) in [7, 11) is 0. The van der Waals surface area contributed by atoms with Gasteiger partial charge in [-0.15, -0.1) is 0 Å². The van der Waals surface area contributed by atoms with Crippen molar-refractivity contribution in [2.24, 2.45) is 11.3 Å². The third kappa shape index (κ3) is 11.0. The smallest absolute Gasteiger partial charge is 0.318 e. The molecule has 1 aliphatic carbocycles. The van der Waals surface area contributed by atoms with Crippen molar-refractivity contribution in [1.29, 1.82) is 0 Å². The van der Waals surface area contributed by atoms with Gasteiger partial charge in [-0.25, -0.2) is 4.79 Å². The number of rotatable bonds is 10. The molecule has 5 aromatic rings. The Hall–Kier alpha value is -6.36. The first kappa shape index (κ1) is 45.7. The van der Waals surface area contributed by atoms with Crippen LogP contribution in [0.1, 0.15) is 105 Å². The van der Waals surface area contributed by atoms with E-state index in [1.165, 1.54) is 24.0 Å². The number of aryl methyl sites for hydroxylation is 1. The van der Waals surface area contributed by atoms with E-state index in [2.05, 4.69) is 79.7 Å². The first-order chi connectivity index (χ1) is 30.8. The first-order valence-electron chi connectivity index (χ1n) is 22.5. The first-order valence-corrected chi connectivity index (χ1v) is 22.5. The lowest BCUT2D eigenvalue weighted by Crippen LogP contribution is -2.55. The van der Waals surface area contributed by atoms with Crippen LogP contribution in [0.15, 0.2) is 103 Å². The molecule has 3 heterocycles. The van der Waals surface area contributed by atoms with E-state index < -0.39 is 6.04 Å². The second kappa shape index (κ2) is 20.4. The highest BCUT2D eigenvalue weighted by Crippen LogP contribution is 2.42. The molecule has 8 rings (SSSR count). The zero-order valence-electron chi connectivity index (χ0n) is 37.9. The van der Waals surface area contributed by atoms with E-state index in [9.17, 15) is 9.59 Å². The van der Waals surface area contributed by atoms with Crippen molar-refractivity contribution in [2.75, 3.05) is 13.2 Å². The number of amides is 3. The highest BCUT2D eigenvalue weighted by Gasteiger charge is 2.37. The van der Waals surface area contributed by atoms with E-state index in [-0.39, 0.29) is 43.2 Å².